The summed E-state index contributed by atoms with van der Waals surface area (Å²) in [6.07, 6.45) is 15.4. The highest BCUT2D eigenvalue weighted by molar-refractivity contribution is 5.97. The first-order valence-corrected chi connectivity index (χ1v) is 12.1. The molecule has 0 aromatic carbocycles. The third-order valence-corrected chi connectivity index (χ3v) is 5.90. The highest BCUT2D eigenvalue weighted by Crippen LogP contribution is 2.21. The first-order chi connectivity index (χ1) is 16.9. The van der Waals surface area contributed by atoms with Gasteiger partial charge in [0.25, 0.3) is 0 Å². The summed E-state index contributed by atoms with van der Waals surface area (Å²) in [7, 11) is 0. The predicted octanol–water partition coefficient (Wildman–Crippen LogP) is 2.51. The second kappa shape index (κ2) is 12.9. The van der Waals surface area contributed by atoms with Gasteiger partial charge in [0.15, 0.2) is 0 Å². The van der Waals surface area contributed by atoms with Crippen molar-refractivity contribution in [3.05, 3.63) is 70.6 Å². The van der Waals surface area contributed by atoms with Crippen LogP contribution in [-0.4, -0.2) is 62.1 Å². The van der Waals surface area contributed by atoms with Gasteiger partial charge in [0.05, 0.1) is 24.1 Å². The van der Waals surface area contributed by atoms with Gasteiger partial charge in [0.2, 0.25) is 0 Å². The third kappa shape index (κ3) is 7.80. The number of nitrogens with one attached hydrogen (secondary N) is 5. The Kier molecular flexibility index (Phi) is 9.63. The van der Waals surface area contributed by atoms with E-state index in [-0.39, 0.29) is 11.8 Å². The lowest BCUT2D eigenvalue weighted by molar-refractivity contribution is -0.0182. The van der Waals surface area contributed by atoms with Crippen LogP contribution in [0, 0.1) is 16.7 Å². The van der Waals surface area contributed by atoms with E-state index in [1.807, 2.05) is 44.5 Å². The minimum absolute atomic E-state index is 0.179. The van der Waals surface area contributed by atoms with Gasteiger partial charge in [-0.1, -0.05) is 13.8 Å². The van der Waals surface area contributed by atoms with Gasteiger partial charge in [-0.3, -0.25) is 15.3 Å². The van der Waals surface area contributed by atoms with Crippen LogP contribution in [0.15, 0.2) is 75.6 Å². The van der Waals surface area contributed by atoms with E-state index in [9.17, 15) is 0 Å². The van der Waals surface area contributed by atoms with Gasteiger partial charge in [0, 0.05) is 62.2 Å². The molecule has 7 N–H and O–H groups in total. The maximum Gasteiger partial charge on any atom is 0.123 e. The number of amidine groups is 1. The molecule has 0 aliphatic carbocycles. The van der Waals surface area contributed by atoms with Crippen LogP contribution in [0.25, 0.3) is 0 Å². The molecule has 0 aromatic heterocycles. The largest absolute Gasteiger partial charge is 0.404 e. The number of aliphatic imine (C=N–C) groups is 1. The van der Waals surface area contributed by atoms with E-state index in [0.717, 1.165) is 67.3 Å². The van der Waals surface area contributed by atoms with Crippen LogP contribution in [-0.2, 0) is 4.74 Å². The summed E-state index contributed by atoms with van der Waals surface area (Å²) in [5, 5.41) is 25.4. The van der Waals surface area contributed by atoms with Crippen molar-refractivity contribution >= 4 is 18.3 Å². The van der Waals surface area contributed by atoms with Crippen LogP contribution in [0.5, 0.6) is 0 Å². The molecular formula is C26H38N8O. The number of morpholine rings is 1. The van der Waals surface area contributed by atoms with Crippen molar-refractivity contribution in [2.24, 2.45) is 16.6 Å². The molecule has 0 aromatic rings. The molecule has 0 radical (unpaired) electrons. The van der Waals surface area contributed by atoms with E-state index >= 15 is 0 Å². The van der Waals surface area contributed by atoms with E-state index in [0.29, 0.717) is 11.9 Å². The molecule has 3 rings (SSSR count). The number of nitrogens with zero attached hydrogens (tertiary/aromatic N) is 2. The Bertz CT molecular complexity index is 1010. The Morgan fingerprint density at radius 2 is 2.20 bits per heavy atom. The molecule has 0 amide bonds. The summed E-state index contributed by atoms with van der Waals surface area (Å²) in [6.45, 7) is 10.6. The Balaban J connectivity index is 1.54. The first kappa shape index (κ1) is 26.2. The second-order valence-electron chi connectivity index (χ2n) is 9.06. The monoisotopic (exact) mass is 478 g/mol. The maximum absolute atomic E-state index is 8.22. The summed E-state index contributed by atoms with van der Waals surface area (Å²) in [5.41, 5.74) is 10.2. The number of fused-ring (bicyclic) bond motifs is 1. The molecule has 0 saturated carbocycles. The van der Waals surface area contributed by atoms with Crippen LogP contribution < -0.4 is 21.7 Å². The molecule has 0 bridgehead atoms. The zero-order valence-corrected chi connectivity index (χ0v) is 20.9. The highest BCUT2D eigenvalue weighted by Gasteiger charge is 2.17. The predicted molar refractivity (Wildman–Crippen MR) is 143 cm³/mol. The summed E-state index contributed by atoms with van der Waals surface area (Å²) in [4.78, 5) is 7.01. The molecule has 1 saturated heterocycles. The normalized spacial score (nSPS) is 21.3. The van der Waals surface area contributed by atoms with Crippen LogP contribution in [0.3, 0.4) is 0 Å². The SMILES string of the molecule is CC1CN(CCCN=CC(=CN)C2=CNC3=CC=C(NC(=N)C=C(C=N)C(C)C)NC3=C2)CCO1. The van der Waals surface area contributed by atoms with E-state index < -0.39 is 0 Å². The molecular weight excluding hydrogens is 440 g/mol. The Morgan fingerprint density at radius 1 is 1.37 bits per heavy atom. The average molecular weight is 479 g/mol. The molecule has 3 aliphatic heterocycles. The Hall–Kier alpha value is -3.43. The first-order valence-electron chi connectivity index (χ1n) is 12.1. The molecule has 0 spiro atoms. The van der Waals surface area contributed by atoms with Crippen molar-refractivity contribution in [2.45, 2.75) is 33.3 Å². The third-order valence-electron chi connectivity index (χ3n) is 5.90. The fourth-order valence-corrected chi connectivity index (χ4v) is 3.92. The minimum atomic E-state index is 0.179. The fourth-order valence-electron chi connectivity index (χ4n) is 3.92. The number of hydrogen-bond acceptors (Lipinski definition) is 8. The van der Waals surface area contributed by atoms with Crippen molar-refractivity contribution in [3.63, 3.8) is 0 Å². The van der Waals surface area contributed by atoms with E-state index in [1.54, 1.807) is 12.3 Å². The molecule has 1 unspecified atom stereocenters. The van der Waals surface area contributed by atoms with Crippen molar-refractivity contribution in [2.75, 3.05) is 32.8 Å². The van der Waals surface area contributed by atoms with Crippen molar-refractivity contribution in [3.8, 4) is 0 Å². The number of dihydropyridines is 2. The maximum atomic E-state index is 8.22. The van der Waals surface area contributed by atoms with Crippen LogP contribution >= 0.6 is 0 Å². The molecule has 3 aliphatic rings. The van der Waals surface area contributed by atoms with Gasteiger partial charge in [-0.25, -0.2) is 0 Å². The van der Waals surface area contributed by atoms with Gasteiger partial charge >= 0.3 is 0 Å². The lowest BCUT2D eigenvalue weighted by atomic mass is 10.0. The van der Waals surface area contributed by atoms with Gasteiger partial charge in [-0.05, 0) is 49.1 Å². The molecule has 3 heterocycles. The fraction of sp³-hybridized carbons (Fsp3) is 0.423. The van der Waals surface area contributed by atoms with Crippen LogP contribution in [0.2, 0.25) is 0 Å². The highest BCUT2D eigenvalue weighted by atomic mass is 16.5. The minimum Gasteiger partial charge on any atom is -0.404 e. The number of rotatable bonds is 10. The molecule has 188 valence electrons. The average Bonchev–Trinajstić information content (AvgIpc) is 2.84. The van der Waals surface area contributed by atoms with Gasteiger partial charge < -0.3 is 31.8 Å². The summed E-state index contributed by atoms with van der Waals surface area (Å²) in [5.74, 6) is 1.08. The number of hydrogen-bond donors (Lipinski definition) is 6. The number of nitrogens with two attached hydrogens (primary N) is 1. The Labute approximate surface area is 208 Å². The standard InChI is InChI=1S/C26H38N8O/c1-18(2)20(13-27)12-25(29)33-26-6-5-23-24(32-26)11-21(16-31-23)22(14-28)15-30-7-4-8-34-9-10-35-19(3)17-34/h5-6,11-16,18-19,27,31-32H,4,7-10,17,28H2,1-3H3,(H2,29,33). The van der Waals surface area contributed by atoms with Crippen molar-refractivity contribution in [1.29, 1.82) is 10.8 Å². The van der Waals surface area contributed by atoms with Crippen molar-refractivity contribution in [1.82, 2.24) is 20.9 Å². The van der Waals surface area contributed by atoms with Gasteiger partial charge in [-0.2, -0.15) is 0 Å². The zero-order valence-electron chi connectivity index (χ0n) is 20.9. The zero-order chi connectivity index (χ0) is 25.2. The molecule has 1 fully saturated rings. The van der Waals surface area contributed by atoms with Gasteiger partial charge in [-0.15, -0.1) is 0 Å². The molecule has 9 nitrogen and oxygen atoms in total. The smallest absolute Gasteiger partial charge is 0.123 e. The number of allylic oxidation sites excluding steroid dienone is 6. The lowest BCUT2D eigenvalue weighted by Crippen LogP contribution is -2.41. The quantitative estimate of drug-likeness (QED) is 0.162. The van der Waals surface area contributed by atoms with Crippen LogP contribution in [0.4, 0.5) is 0 Å². The summed E-state index contributed by atoms with van der Waals surface area (Å²) < 4.78 is 5.59. The van der Waals surface area contributed by atoms with Crippen molar-refractivity contribution < 1.29 is 4.74 Å². The second-order valence-corrected chi connectivity index (χ2v) is 9.06. The lowest BCUT2D eigenvalue weighted by Gasteiger charge is -2.30. The molecule has 35 heavy (non-hydrogen) atoms. The Morgan fingerprint density at radius 3 is 2.91 bits per heavy atom. The van der Waals surface area contributed by atoms with E-state index in [2.05, 4.69) is 32.8 Å². The summed E-state index contributed by atoms with van der Waals surface area (Å²) in [6, 6.07) is 0. The topological polar surface area (TPSA) is 135 Å². The van der Waals surface area contributed by atoms with E-state index in [4.69, 9.17) is 21.3 Å². The summed E-state index contributed by atoms with van der Waals surface area (Å²) >= 11 is 0. The molecule has 9 heteroatoms. The number of ether oxygens (including phenoxy) is 1. The van der Waals surface area contributed by atoms with Crippen LogP contribution in [0.1, 0.15) is 27.2 Å². The van der Waals surface area contributed by atoms with Gasteiger partial charge in [0.1, 0.15) is 11.7 Å². The van der Waals surface area contributed by atoms with E-state index in [1.165, 1.54) is 6.21 Å². The molecule has 1 atom stereocenters.